The Labute approximate surface area is 141 Å². The van der Waals surface area contributed by atoms with E-state index in [-0.39, 0.29) is 18.0 Å². The quantitative estimate of drug-likeness (QED) is 0.629. The number of halogens is 1. The molecule has 2 aromatic rings. The van der Waals surface area contributed by atoms with Crippen molar-refractivity contribution in [2.75, 3.05) is 11.9 Å². The number of aryl methyl sites for hydroxylation is 1. The number of nitro benzene ring substituents is 1. The van der Waals surface area contributed by atoms with Crippen LogP contribution < -0.4 is 10.1 Å². The lowest BCUT2D eigenvalue weighted by molar-refractivity contribution is -0.384. The molecule has 0 saturated heterocycles. The van der Waals surface area contributed by atoms with Crippen molar-refractivity contribution in [3.05, 3.63) is 62.1 Å². The summed E-state index contributed by atoms with van der Waals surface area (Å²) in [6.45, 7) is 3.33. The summed E-state index contributed by atoms with van der Waals surface area (Å²) in [5.41, 5.74) is 1.60. The average molecular weight is 379 g/mol. The van der Waals surface area contributed by atoms with Crippen molar-refractivity contribution < 1.29 is 14.5 Å². The second kappa shape index (κ2) is 7.23. The molecule has 6 nitrogen and oxygen atoms in total. The Kier molecular flexibility index (Phi) is 5.33. The van der Waals surface area contributed by atoms with E-state index in [4.69, 9.17) is 4.74 Å². The van der Waals surface area contributed by atoms with Gasteiger partial charge in [-0.05, 0) is 49.2 Å². The fourth-order valence-corrected chi connectivity index (χ4v) is 2.23. The third-order valence-corrected chi connectivity index (χ3v) is 3.89. The zero-order chi connectivity index (χ0) is 17.0. The van der Waals surface area contributed by atoms with Gasteiger partial charge in [0, 0.05) is 10.5 Å². The van der Waals surface area contributed by atoms with E-state index >= 15 is 0 Å². The van der Waals surface area contributed by atoms with Gasteiger partial charge in [0.15, 0.2) is 6.61 Å². The zero-order valence-corrected chi connectivity index (χ0v) is 14.2. The van der Waals surface area contributed by atoms with Gasteiger partial charge in [-0.2, -0.15) is 0 Å². The Morgan fingerprint density at radius 3 is 2.48 bits per heavy atom. The second-order valence-corrected chi connectivity index (χ2v) is 5.87. The maximum atomic E-state index is 12.0. The highest BCUT2D eigenvalue weighted by molar-refractivity contribution is 9.10. The Morgan fingerprint density at radius 1 is 1.22 bits per heavy atom. The summed E-state index contributed by atoms with van der Waals surface area (Å²) >= 11 is 3.31. The van der Waals surface area contributed by atoms with E-state index in [1.54, 1.807) is 37.3 Å². The first-order chi connectivity index (χ1) is 10.9. The van der Waals surface area contributed by atoms with E-state index in [0.29, 0.717) is 11.3 Å². The molecule has 1 amide bonds. The van der Waals surface area contributed by atoms with Crippen LogP contribution in [0.25, 0.3) is 0 Å². The maximum absolute atomic E-state index is 12.0. The number of carbonyl (C=O) groups excluding carboxylic acids is 1. The number of anilines is 1. The summed E-state index contributed by atoms with van der Waals surface area (Å²) in [5, 5.41) is 13.7. The topological polar surface area (TPSA) is 81.5 Å². The third-order valence-electron chi connectivity index (χ3n) is 3.36. The largest absolute Gasteiger partial charge is 0.484 e. The van der Waals surface area contributed by atoms with E-state index in [1.807, 2.05) is 6.92 Å². The smallest absolute Gasteiger partial charge is 0.293 e. The number of ether oxygens (including phenoxy) is 1. The van der Waals surface area contributed by atoms with Gasteiger partial charge in [-0.1, -0.05) is 22.0 Å². The SMILES string of the molecule is Cc1ccc([N+](=O)[O-])c(NC(=O)COc2ccc(Br)cc2)c1C. The van der Waals surface area contributed by atoms with Crippen molar-refractivity contribution in [2.24, 2.45) is 0 Å². The van der Waals surface area contributed by atoms with Gasteiger partial charge in [-0.3, -0.25) is 14.9 Å². The monoisotopic (exact) mass is 378 g/mol. The summed E-state index contributed by atoms with van der Waals surface area (Å²) in [4.78, 5) is 22.6. The van der Waals surface area contributed by atoms with Crippen LogP contribution in [0.3, 0.4) is 0 Å². The Balaban J connectivity index is 2.09. The second-order valence-electron chi connectivity index (χ2n) is 4.95. The minimum Gasteiger partial charge on any atom is -0.484 e. The normalized spacial score (nSPS) is 10.2. The van der Waals surface area contributed by atoms with Crippen LogP contribution in [0, 0.1) is 24.0 Å². The Bertz CT molecular complexity index is 744. The van der Waals surface area contributed by atoms with Crippen LogP contribution in [0.5, 0.6) is 5.75 Å². The number of carbonyl (C=O) groups is 1. The van der Waals surface area contributed by atoms with Crippen LogP contribution in [0.1, 0.15) is 11.1 Å². The molecular formula is C16H15BrN2O4. The highest BCUT2D eigenvalue weighted by Crippen LogP contribution is 2.30. The summed E-state index contributed by atoms with van der Waals surface area (Å²) in [5.74, 6) is 0.0866. The molecule has 0 atom stereocenters. The predicted molar refractivity (Wildman–Crippen MR) is 90.8 cm³/mol. The lowest BCUT2D eigenvalue weighted by atomic mass is 10.1. The molecule has 0 fully saturated rings. The first kappa shape index (κ1) is 17.0. The maximum Gasteiger partial charge on any atom is 0.293 e. The van der Waals surface area contributed by atoms with Crippen molar-refractivity contribution in [1.82, 2.24) is 0 Å². The number of nitrogens with zero attached hydrogens (tertiary/aromatic N) is 1. The van der Waals surface area contributed by atoms with Crippen molar-refractivity contribution >= 4 is 33.2 Å². The molecule has 7 heteroatoms. The molecule has 0 heterocycles. The lowest BCUT2D eigenvalue weighted by Crippen LogP contribution is -2.21. The predicted octanol–water partition coefficient (Wildman–Crippen LogP) is 3.99. The summed E-state index contributed by atoms with van der Waals surface area (Å²) in [7, 11) is 0. The number of benzene rings is 2. The fourth-order valence-electron chi connectivity index (χ4n) is 1.97. The van der Waals surface area contributed by atoms with Gasteiger partial charge in [0.25, 0.3) is 11.6 Å². The van der Waals surface area contributed by atoms with Crippen LogP contribution in [-0.2, 0) is 4.79 Å². The van der Waals surface area contributed by atoms with Gasteiger partial charge in [-0.25, -0.2) is 0 Å². The zero-order valence-electron chi connectivity index (χ0n) is 12.6. The summed E-state index contributed by atoms with van der Waals surface area (Å²) < 4.78 is 6.27. The van der Waals surface area contributed by atoms with E-state index in [0.717, 1.165) is 10.0 Å². The lowest BCUT2D eigenvalue weighted by Gasteiger charge is -2.11. The van der Waals surface area contributed by atoms with Gasteiger partial charge in [-0.15, -0.1) is 0 Å². The van der Waals surface area contributed by atoms with Crippen LogP contribution in [0.4, 0.5) is 11.4 Å². The molecule has 0 unspecified atom stereocenters. The number of rotatable bonds is 5. The van der Waals surface area contributed by atoms with E-state index in [1.165, 1.54) is 6.07 Å². The highest BCUT2D eigenvalue weighted by Gasteiger charge is 2.19. The molecule has 0 aliphatic carbocycles. The molecule has 120 valence electrons. The van der Waals surface area contributed by atoms with Gasteiger partial charge in [0.05, 0.1) is 4.92 Å². The molecule has 0 aromatic heterocycles. The van der Waals surface area contributed by atoms with Crippen LogP contribution in [0.2, 0.25) is 0 Å². The molecule has 0 saturated carbocycles. The Morgan fingerprint density at radius 2 is 1.87 bits per heavy atom. The third kappa shape index (κ3) is 4.29. The molecular weight excluding hydrogens is 364 g/mol. The minimum absolute atomic E-state index is 0.134. The van der Waals surface area contributed by atoms with Gasteiger partial charge in [0.2, 0.25) is 0 Å². The standard InChI is InChI=1S/C16H15BrN2O4/c1-10-3-8-14(19(21)22)16(11(10)2)18-15(20)9-23-13-6-4-12(17)5-7-13/h3-8H,9H2,1-2H3,(H,18,20). The highest BCUT2D eigenvalue weighted by atomic mass is 79.9. The first-order valence-electron chi connectivity index (χ1n) is 6.81. The fraction of sp³-hybridized carbons (Fsp3) is 0.188. The van der Waals surface area contributed by atoms with Gasteiger partial charge in [0.1, 0.15) is 11.4 Å². The van der Waals surface area contributed by atoms with Crippen LogP contribution in [-0.4, -0.2) is 17.4 Å². The molecule has 0 radical (unpaired) electrons. The molecule has 2 aromatic carbocycles. The number of nitrogens with one attached hydrogen (secondary N) is 1. The number of hydrogen-bond acceptors (Lipinski definition) is 4. The van der Waals surface area contributed by atoms with E-state index < -0.39 is 10.8 Å². The molecule has 0 aliphatic rings. The van der Waals surface area contributed by atoms with Crippen LogP contribution >= 0.6 is 15.9 Å². The molecule has 1 N–H and O–H groups in total. The average Bonchev–Trinajstić information content (AvgIpc) is 2.51. The molecule has 2 rings (SSSR count). The van der Waals surface area contributed by atoms with Crippen molar-refractivity contribution in [1.29, 1.82) is 0 Å². The number of nitro groups is 1. The van der Waals surface area contributed by atoms with Gasteiger partial charge < -0.3 is 10.1 Å². The molecule has 0 aliphatic heterocycles. The molecule has 0 bridgehead atoms. The van der Waals surface area contributed by atoms with Crippen LogP contribution in [0.15, 0.2) is 40.9 Å². The molecule has 23 heavy (non-hydrogen) atoms. The van der Waals surface area contributed by atoms with E-state index in [9.17, 15) is 14.9 Å². The Hall–Kier alpha value is -2.41. The number of hydrogen-bond donors (Lipinski definition) is 1. The summed E-state index contributed by atoms with van der Waals surface area (Å²) in [6.07, 6.45) is 0. The number of amides is 1. The minimum atomic E-state index is -0.516. The van der Waals surface area contributed by atoms with E-state index in [2.05, 4.69) is 21.2 Å². The van der Waals surface area contributed by atoms with Crippen molar-refractivity contribution in [3.8, 4) is 5.75 Å². The van der Waals surface area contributed by atoms with Crippen molar-refractivity contribution in [2.45, 2.75) is 13.8 Å². The molecule has 0 spiro atoms. The first-order valence-corrected chi connectivity index (χ1v) is 7.60. The van der Waals surface area contributed by atoms with Gasteiger partial charge >= 0.3 is 0 Å². The van der Waals surface area contributed by atoms with Crippen molar-refractivity contribution in [3.63, 3.8) is 0 Å². The summed E-state index contributed by atoms with van der Waals surface area (Å²) in [6, 6.07) is 10.1.